The molecule has 2 rings (SSSR count). The summed E-state index contributed by atoms with van der Waals surface area (Å²) in [6, 6.07) is 1.92. The van der Waals surface area contributed by atoms with Crippen molar-refractivity contribution in [1.82, 2.24) is 9.97 Å². The zero-order valence-corrected chi connectivity index (χ0v) is 12.3. The molecule has 0 amide bonds. The summed E-state index contributed by atoms with van der Waals surface area (Å²) in [5.74, 6) is 0. The van der Waals surface area contributed by atoms with Crippen LogP contribution in [0.2, 0.25) is 0 Å². The smallest absolute Gasteiger partial charge is 0.143 e. The van der Waals surface area contributed by atoms with Gasteiger partial charge in [0, 0.05) is 21.3 Å². The third-order valence-electron chi connectivity index (χ3n) is 1.95. The second-order valence-electron chi connectivity index (χ2n) is 3.23. The van der Waals surface area contributed by atoms with Crippen LogP contribution in [-0.2, 0) is 0 Å². The average molecular weight is 364 g/mol. The van der Waals surface area contributed by atoms with Crippen LogP contribution in [0.5, 0.6) is 0 Å². The molecule has 0 aliphatic heterocycles. The predicted molar refractivity (Wildman–Crippen MR) is 71.4 cm³/mol. The minimum atomic E-state index is -0.486. The molecule has 1 unspecified atom stereocenters. The van der Waals surface area contributed by atoms with Gasteiger partial charge in [-0.15, -0.1) is 11.3 Å². The van der Waals surface area contributed by atoms with E-state index in [0.717, 1.165) is 24.5 Å². The molecule has 0 saturated heterocycles. The zero-order valence-electron chi connectivity index (χ0n) is 8.32. The standard InChI is InChI=1S/C10H8Br2N2OS/c1-5(15)8-4-14-10(16-8)9-7(12)2-6(11)3-13-9/h2-5,15H,1H3. The van der Waals surface area contributed by atoms with Crippen molar-refractivity contribution in [2.45, 2.75) is 13.0 Å². The van der Waals surface area contributed by atoms with Crippen molar-refractivity contribution in [2.24, 2.45) is 0 Å². The summed E-state index contributed by atoms with van der Waals surface area (Å²) in [6.45, 7) is 1.72. The van der Waals surface area contributed by atoms with Crippen LogP contribution < -0.4 is 0 Å². The minimum Gasteiger partial charge on any atom is -0.388 e. The summed E-state index contributed by atoms with van der Waals surface area (Å²) in [5, 5.41) is 10.2. The quantitative estimate of drug-likeness (QED) is 0.882. The molecule has 0 aromatic carbocycles. The Balaban J connectivity index is 2.42. The first-order valence-corrected chi connectivity index (χ1v) is 6.93. The molecule has 0 spiro atoms. The molecule has 16 heavy (non-hydrogen) atoms. The van der Waals surface area contributed by atoms with Crippen LogP contribution in [0.3, 0.4) is 0 Å². The number of hydrogen-bond acceptors (Lipinski definition) is 4. The number of aliphatic hydroxyl groups excluding tert-OH is 1. The fourth-order valence-corrected chi connectivity index (χ4v) is 3.33. The van der Waals surface area contributed by atoms with Crippen molar-refractivity contribution in [3.05, 3.63) is 32.3 Å². The second-order valence-corrected chi connectivity index (χ2v) is 6.06. The largest absolute Gasteiger partial charge is 0.388 e. The van der Waals surface area contributed by atoms with Gasteiger partial charge in [0.05, 0.1) is 11.0 Å². The first kappa shape index (κ1) is 12.2. The molecule has 1 atom stereocenters. The Kier molecular flexibility index (Phi) is 3.73. The molecule has 2 aromatic heterocycles. The number of halogens is 2. The third-order valence-corrected chi connectivity index (χ3v) is 4.16. The van der Waals surface area contributed by atoms with Gasteiger partial charge in [0.25, 0.3) is 0 Å². The van der Waals surface area contributed by atoms with Crippen molar-refractivity contribution in [1.29, 1.82) is 0 Å². The number of thiazole rings is 1. The van der Waals surface area contributed by atoms with Crippen molar-refractivity contribution < 1.29 is 5.11 Å². The molecule has 2 aromatic rings. The molecule has 0 aliphatic rings. The zero-order chi connectivity index (χ0) is 11.7. The van der Waals surface area contributed by atoms with E-state index in [1.54, 1.807) is 19.3 Å². The topological polar surface area (TPSA) is 46.0 Å². The van der Waals surface area contributed by atoms with Gasteiger partial charge in [0.2, 0.25) is 0 Å². The fourth-order valence-electron chi connectivity index (χ4n) is 1.16. The first-order chi connectivity index (χ1) is 7.58. The lowest BCUT2D eigenvalue weighted by Gasteiger charge is -2.00. The van der Waals surface area contributed by atoms with Crippen LogP contribution in [0, 0.1) is 0 Å². The van der Waals surface area contributed by atoms with Gasteiger partial charge in [-0.25, -0.2) is 4.98 Å². The van der Waals surface area contributed by atoms with Gasteiger partial charge in [0.15, 0.2) is 0 Å². The van der Waals surface area contributed by atoms with Gasteiger partial charge in [-0.2, -0.15) is 0 Å². The molecule has 0 saturated carbocycles. The van der Waals surface area contributed by atoms with Gasteiger partial charge in [-0.05, 0) is 44.8 Å². The summed E-state index contributed by atoms with van der Waals surface area (Å²) >= 11 is 8.23. The predicted octanol–water partition coefficient (Wildman–Crippen LogP) is 3.78. The summed E-state index contributed by atoms with van der Waals surface area (Å²) < 4.78 is 1.80. The first-order valence-electron chi connectivity index (χ1n) is 4.53. The van der Waals surface area contributed by atoms with E-state index in [1.165, 1.54) is 11.3 Å². The number of hydrogen-bond donors (Lipinski definition) is 1. The lowest BCUT2D eigenvalue weighted by molar-refractivity contribution is 0.203. The van der Waals surface area contributed by atoms with Crippen LogP contribution in [0.15, 0.2) is 27.4 Å². The molecule has 3 nitrogen and oxygen atoms in total. The highest BCUT2D eigenvalue weighted by Crippen LogP contribution is 2.32. The fraction of sp³-hybridized carbons (Fsp3) is 0.200. The molecule has 0 aliphatic carbocycles. The molecular formula is C10H8Br2N2OS. The normalized spacial score (nSPS) is 12.8. The lowest BCUT2D eigenvalue weighted by Crippen LogP contribution is -1.84. The molecule has 0 radical (unpaired) electrons. The van der Waals surface area contributed by atoms with Crippen LogP contribution >= 0.6 is 43.2 Å². The Morgan fingerprint density at radius 3 is 2.62 bits per heavy atom. The van der Waals surface area contributed by atoms with Gasteiger partial charge in [-0.1, -0.05) is 0 Å². The van der Waals surface area contributed by atoms with E-state index in [1.807, 2.05) is 6.07 Å². The van der Waals surface area contributed by atoms with E-state index in [9.17, 15) is 5.11 Å². The molecule has 6 heteroatoms. The highest BCUT2D eigenvalue weighted by molar-refractivity contribution is 9.11. The average Bonchev–Trinajstić information content (AvgIpc) is 2.66. The molecule has 0 fully saturated rings. The molecule has 84 valence electrons. The Hall–Kier alpha value is -0.300. The summed E-state index contributed by atoms with van der Waals surface area (Å²) in [6.07, 6.45) is 2.92. The van der Waals surface area contributed by atoms with Gasteiger partial charge < -0.3 is 5.11 Å². The highest BCUT2D eigenvalue weighted by atomic mass is 79.9. The number of rotatable bonds is 2. The summed E-state index contributed by atoms with van der Waals surface area (Å²) in [4.78, 5) is 9.38. The van der Waals surface area contributed by atoms with Crippen molar-refractivity contribution >= 4 is 43.2 Å². The SMILES string of the molecule is CC(O)c1cnc(-c2ncc(Br)cc2Br)s1. The van der Waals surface area contributed by atoms with Crippen LogP contribution in [-0.4, -0.2) is 15.1 Å². The van der Waals surface area contributed by atoms with E-state index < -0.39 is 6.10 Å². The maximum Gasteiger partial charge on any atom is 0.143 e. The Morgan fingerprint density at radius 1 is 1.31 bits per heavy atom. The van der Waals surface area contributed by atoms with E-state index >= 15 is 0 Å². The van der Waals surface area contributed by atoms with Gasteiger partial charge >= 0.3 is 0 Å². The van der Waals surface area contributed by atoms with Gasteiger partial charge in [0.1, 0.15) is 10.7 Å². The molecule has 1 N–H and O–H groups in total. The maximum absolute atomic E-state index is 9.43. The third kappa shape index (κ3) is 2.51. The number of aromatic nitrogens is 2. The molecular weight excluding hydrogens is 356 g/mol. The highest BCUT2D eigenvalue weighted by Gasteiger charge is 2.12. The van der Waals surface area contributed by atoms with E-state index in [2.05, 4.69) is 41.8 Å². The van der Waals surface area contributed by atoms with E-state index in [0.29, 0.717) is 0 Å². The van der Waals surface area contributed by atoms with Crippen molar-refractivity contribution in [3.8, 4) is 10.7 Å². The van der Waals surface area contributed by atoms with Crippen LogP contribution in [0.25, 0.3) is 10.7 Å². The number of nitrogens with zero attached hydrogens (tertiary/aromatic N) is 2. The maximum atomic E-state index is 9.43. The monoisotopic (exact) mass is 362 g/mol. The molecule has 2 heterocycles. The number of pyridine rings is 1. The van der Waals surface area contributed by atoms with Gasteiger partial charge in [-0.3, -0.25) is 4.98 Å². The Labute approximate surface area is 114 Å². The second kappa shape index (κ2) is 4.91. The van der Waals surface area contributed by atoms with E-state index in [-0.39, 0.29) is 0 Å². The summed E-state index contributed by atoms with van der Waals surface area (Å²) in [7, 11) is 0. The molecule has 0 bridgehead atoms. The minimum absolute atomic E-state index is 0.486. The van der Waals surface area contributed by atoms with Crippen LogP contribution in [0.4, 0.5) is 0 Å². The number of aliphatic hydroxyl groups is 1. The van der Waals surface area contributed by atoms with Crippen molar-refractivity contribution in [3.63, 3.8) is 0 Å². The Morgan fingerprint density at radius 2 is 2.06 bits per heavy atom. The van der Waals surface area contributed by atoms with E-state index in [4.69, 9.17) is 0 Å². The van der Waals surface area contributed by atoms with Crippen molar-refractivity contribution in [2.75, 3.05) is 0 Å². The lowest BCUT2D eigenvalue weighted by atomic mass is 10.3. The van der Waals surface area contributed by atoms with Crippen LogP contribution in [0.1, 0.15) is 17.9 Å². The summed E-state index contributed by atoms with van der Waals surface area (Å²) in [5.41, 5.74) is 0.792. The Bertz CT molecular complexity index is 513.